The Bertz CT molecular complexity index is 581. The van der Waals surface area contributed by atoms with Crippen molar-refractivity contribution in [2.45, 2.75) is 32.2 Å². The molecular weight excluding hydrogens is 308 g/mol. The number of morpholine rings is 1. The fourth-order valence-corrected chi connectivity index (χ4v) is 5.38. The highest BCUT2D eigenvalue weighted by atomic mass is 32.1. The van der Waals surface area contributed by atoms with E-state index in [2.05, 4.69) is 35.1 Å². The van der Waals surface area contributed by atoms with E-state index in [1.165, 1.54) is 10.4 Å². The van der Waals surface area contributed by atoms with Gasteiger partial charge in [0.05, 0.1) is 13.2 Å². The van der Waals surface area contributed by atoms with E-state index in [1.807, 2.05) is 11.3 Å². The highest BCUT2D eigenvalue weighted by Gasteiger charge is 2.49. The van der Waals surface area contributed by atoms with Crippen LogP contribution in [0.1, 0.15) is 29.7 Å². The minimum Gasteiger partial charge on any atom is -0.379 e. The van der Waals surface area contributed by atoms with E-state index in [9.17, 15) is 4.79 Å². The molecule has 2 unspecified atom stereocenters. The lowest BCUT2D eigenvalue weighted by Crippen LogP contribution is -2.47. The molecule has 2 aliphatic heterocycles. The van der Waals surface area contributed by atoms with Crippen LogP contribution in [0, 0.1) is 18.8 Å². The van der Waals surface area contributed by atoms with Crippen molar-refractivity contribution in [2.75, 3.05) is 39.4 Å². The molecule has 1 saturated carbocycles. The molecule has 1 amide bonds. The Balaban J connectivity index is 1.38. The van der Waals surface area contributed by atoms with Crippen molar-refractivity contribution in [2.24, 2.45) is 11.8 Å². The van der Waals surface area contributed by atoms with Gasteiger partial charge in [-0.25, -0.2) is 0 Å². The van der Waals surface area contributed by atoms with Crippen LogP contribution >= 0.6 is 11.3 Å². The van der Waals surface area contributed by atoms with E-state index in [0.717, 1.165) is 45.8 Å². The second-order valence-electron chi connectivity index (χ2n) is 7.35. The number of carbonyl (C=O) groups is 1. The van der Waals surface area contributed by atoms with Crippen LogP contribution in [0.25, 0.3) is 0 Å². The van der Waals surface area contributed by atoms with Crippen LogP contribution in [0.2, 0.25) is 0 Å². The van der Waals surface area contributed by atoms with Gasteiger partial charge in [-0.1, -0.05) is 6.92 Å². The van der Waals surface area contributed by atoms with E-state index in [4.69, 9.17) is 4.74 Å². The molecule has 1 aromatic rings. The van der Waals surface area contributed by atoms with Gasteiger partial charge in [0, 0.05) is 48.9 Å². The van der Waals surface area contributed by atoms with Gasteiger partial charge in [0.2, 0.25) is 5.91 Å². The molecule has 3 heterocycles. The second-order valence-corrected chi connectivity index (χ2v) is 8.30. The van der Waals surface area contributed by atoms with E-state index in [-0.39, 0.29) is 5.92 Å². The first-order chi connectivity index (χ1) is 11.1. The Labute approximate surface area is 142 Å². The molecule has 0 bridgehead atoms. The molecule has 4 nitrogen and oxygen atoms in total. The first-order valence-electron chi connectivity index (χ1n) is 8.79. The Hall–Kier alpha value is -0.910. The van der Waals surface area contributed by atoms with Gasteiger partial charge >= 0.3 is 0 Å². The number of likely N-dealkylation sites (tertiary alicyclic amines) is 1. The molecule has 23 heavy (non-hydrogen) atoms. The lowest BCUT2D eigenvalue weighted by atomic mass is 10.0. The molecular formula is C18H26N2O2S. The number of rotatable bonds is 3. The van der Waals surface area contributed by atoms with Gasteiger partial charge in [-0.15, -0.1) is 11.3 Å². The minimum atomic E-state index is 0.239. The molecule has 0 radical (unpaired) electrons. The van der Waals surface area contributed by atoms with Gasteiger partial charge in [-0.3, -0.25) is 9.69 Å². The minimum absolute atomic E-state index is 0.239. The predicted molar refractivity (Wildman–Crippen MR) is 91.8 cm³/mol. The Morgan fingerprint density at radius 1 is 1.30 bits per heavy atom. The smallest absolute Gasteiger partial charge is 0.226 e. The van der Waals surface area contributed by atoms with Crippen molar-refractivity contribution in [3.05, 3.63) is 21.9 Å². The van der Waals surface area contributed by atoms with Gasteiger partial charge < -0.3 is 9.64 Å². The zero-order valence-electron chi connectivity index (χ0n) is 14.0. The molecule has 126 valence electrons. The molecule has 1 aliphatic carbocycles. The third-order valence-corrected chi connectivity index (χ3v) is 6.90. The fourth-order valence-electron chi connectivity index (χ4n) is 4.27. The van der Waals surface area contributed by atoms with Crippen LogP contribution in [-0.4, -0.2) is 61.1 Å². The van der Waals surface area contributed by atoms with Crippen LogP contribution in [0.3, 0.4) is 0 Å². The zero-order valence-corrected chi connectivity index (χ0v) is 14.8. The van der Waals surface area contributed by atoms with Crippen LogP contribution in [0.15, 0.2) is 11.4 Å². The molecule has 1 aromatic heterocycles. The molecule has 4 atom stereocenters. The van der Waals surface area contributed by atoms with Gasteiger partial charge in [0.25, 0.3) is 0 Å². The summed E-state index contributed by atoms with van der Waals surface area (Å²) < 4.78 is 5.46. The van der Waals surface area contributed by atoms with Crippen LogP contribution in [0.5, 0.6) is 0 Å². The van der Waals surface area contributed by atoms with Crippen LogP contribution in [0.4, 0.5) is 0 Å². The monoisotopic (exact) mass is 334 g/mol. The molecule has 0 aromatic carbocycles. The molecule has 0 spiro atoms. The summed E-state index contributed by atoms with van der Waals surface area (Å²) in [5, 5.41) is 2.15. The maximum Gasteiger partial charge on any atom is 0.226 e. The number of aryl methyl sites for hydroxylation is 1. The van der Waals surface area contributed by atoms with Crippen molar-refractivity contribution < 1.29 is 9.53 Å². The zero-order chi connectivity index (χ0) is 16.0. The van der Waals surface area contributed by atoms with Gasteiger partial charge in [0.15, 0.2) is 0 Å². The maximum absolute atomic E-state index is 12.9. The number of ether oxygens (including phenoxy) is 1. The highest BCUT2D eigenvalue weighted by molar-refractivity contribution is 7.10. The van der Waals surface area contributed by atoms with Crippen molar-refractivity contribution in [3.8, 4) is 0 Å². The third kappa shape index (κ3) is 2.94. The predicted octanol–water partition coefficient (Wildman–Crippen LogP) is 2.34. The SMILES string of the molecule is Cc1ccsc1[C@@H]1C[C@H]1C(=O)N1CC(C)C(N2CCOCC2)C1. The molecule has 3 aliphatic rings. The quantitative estimate of drug-likeness (QED) is 0.851. The van der Waals surface area contributed by atoms with Crippen LogP contribution in [-0.2, 0) is 9.53 Å². The number of hydrogen-bond donors (Lipinski definition) is 0. The Kier molecular flexibility index (Phi) is 4.20. The average molecular weight is 334 g/mol. The second kappa shape index (κ2) is 6.19. The maximum atomic E-state index is 12.9. The van der Waals surface area contributed by atoms with Crippen molar-refractivity contribution in [3.63, 3.8) is 0 Å². The number of nitrogens with zero attached hydrogens (tertiary/aromatic N) is 2. The third-order valence-electron chi connectivity index (χ3n) is 5.75. The lowest BCUT2D eigenvalue weighted by molar-refractivity contribution is -0.131. The standard InChI is InChI=1S/C18H26N2O2S/c1-12-3-8-23-17(12)14-9-15(14)18(21)20-10-13(2)16(11-20)19-4-6-22-7-5-19/h3,8,13-16H,4-7,9-11H2,1-2H3/t13?,14-,15-,16?/m1/s1. The summed E-state index contributed by atoms with van der Waals surface area (Å²) in [7, 11) is 0. The first-order valence-corrected chi connectivity index (χ1v) is 9.67. The van der Waals surface area contributed by atoms with E-state index in [1.54, 1.807) is 0 Å². The molecule has 5 heteroatoms. The van der Waals surface area contributed by atoms with Gasteiger partial charge in [0.1, 0.15) is 0 Å². The highest BCUT2D eigenvalue weighted by Crippen LogP contribution is 2.51. The fraction of sp³-hybridized carbons (Fsp3) is 0.722. The molecule has 4 rings (SSSR count). The molecule has 0 N–H and O–H groups in total. The van der Waals surface area contributed by atoms with Gasteiger partial charge in [-0.2, -0.15) is 0 Å². The average Bonchev–Trinajstić information content (AvgIpc) is 3.08. The van der Waals surface area contributed by atoms with Crippen molar-refractivity contribution >= 4 is 17.2 Å². The van der Waals surface area contributed by atoms with Gasteiger partial charge in [-0.05, 0) is 36.3 Å². The normalized spacial score (nSPS) is 34.8. The summed E-state index contributed by atoms with van der Waals surface area (Å²) in [4.78, 5) is 19.0. The summed E-state index contributed by atoms with van der Waals surface area (Å²) in [6.45, 7) is 9.98. The number of carbonyl (C=O) groups excluding carboxylic acids is 1. The molecule has 2 saturated heterocycles. The number of amides is 1. The summed E-state index contributed by atoms with van der Waals surface area (Å²) in [5.74, 6) is 1.69. The van der Waals surface area contributed by atoms with Crippen LogP contribution < -0.4 is 0 Å². The van der Waals surface area contributed by atoms with Crippen molar-refractivity contribution in [1.82, 2.24) is 9.80 Å². The van der Waals surface area contributed by atoms with E-state index >= 15 is 0 Å². The lowest BCUT2D eigenvalue weighted by Gasteiger charge is -2.34. The Morgan fingerprint density at radius 2 is 2.09 bits per heavy atom. The summed E-state index contributed by atoms with van der Waals surface area (Å²) >= 11 is 1.81. The largest absolute Gasteiger partial charge is 0.379 e. The summed E-state index contributed by atoms with van der Waals surface area (Å²) in [6, 6.07) is 2.69. The molecule has 3 fully saturated rings. The number of thiophene rings is 1. The van der Waals surface area contributed by atoms with E-state index < -0.39 is 0 Å². The Morgan fingerprint density at radius 3 is 2.78 bits per heavy atom. The summed E-state index contributed by atoms with van der Waals surface area (Å²) in [6.07, 6.45) is 1.05. The topological polar surface area (TPSA) is 32.8 Å². The number of hydrogen-bond acceptors (Lipinski definition) is 4. The summed E-state index contributed by atoms with van der Waals surface area (Å²) in [5.41, 5.74) is 1.36. The van der Waals surface area contributed by atoms with E-state index in [0.29, 0.717) is 23.8 Å². The first kappa shape index (κ1) is 15.6. The van der Waals surface area contributed by atoms with Crippen molar-refractivity contribution in [1.29, 1.82) is 0 Å².